The molecule has 0 aliphatic carbocycles. The van der Waals surface area contributed by atoms with E-state index in [1.54, 1.807) is 0 Å². The molecule has 0 heterocycles. The molecule has 0 fully saturated rings. The van der Waals surface area contributed by atoms with Crippen LogP contribution in [0, 0.1) is 10.1 Å². The maximum absolute atomic E-state index is 11.2. The van der Waals surface area contributed by atoms with Crippen LogP contribution in [0.3, 0.4) is 0 Å². The highest BCUT2D eigenvalue weighted by atomic mass is 35.5. The van der Waals surface area contributed by atoms with Crippen molar-refractivity contribution in [1.29, 1.82) is 0 Å². The van der Waals surface area contributed by atoms with E-state index in [2.05, 4.69) is 10.5 Å². The lowest BCUT2D eigenvalue weighted by Gasteiger charge is -2.13. The first-order valence-corrected chi connectivity index (χ1v) is 4.80. The fraction of sp³-hybridized carbons (Fsp3) is 0.300. The molecule has 0 unspecified atom stereocenters. The molecular formula is C10H13ClN2O5. The summed E-state index contributed by atoms with van der Waals surface area (Å²) in [7, 11) is 1.18. The number of hydrogen-bond donors (Lipinski definition) is 2. The summed E-state index contributed by atoms with van der Waals surface area (Å²) in [4.78, 5) is 21.1. The number of nitro benzene ring substituents is 1. The van der Waals surface area contributed by atoms with E-state index in [0.717, 1.165) is 0 Å². The summed E-state index contributed by atoms with van der Waals surface area (Å²) in [5, 5.41) is 20.4. The Balaban J connectivity index is 0.00000289. The van der Waals surface area contributed by atoms with E-state index >= 15 is 0 Å². The second kappa shape index (κ2) is 6.90. The number of rotatable bonds is 4. The van der Waals surface area contributed by atoms with Crippen molar-refractivity contribution >= 4 is 11.7 Å². The smallest absolute Gasteiger partial charge is 0.367 e. The minimum atomic E-state index is -1.23. The number of halogens is 1. The van der Waals surface area contributed by atoms with Crippen molar-refractivity contribution in [2.24, 2.45) is 0 Å². The van der Waals surface area contributed by atoms with Crippen LogP contribution in [0.25, 0.3) is 0 Å². The van der Waals surface area contributed by atoms with Gasteiger partial charge in [0.05, 0.1) is 12.0 Å². The summed E-state index contributed by atoms with van der Waals surface area (Å²) in [6.45, 7) is 0. The van der Waals surface area contributed by atoms with Crippen LogP contribution in [-0.4, -0.2) is 29.2 Å². The number of ether oxygens (including phenoxy) is 1. The third-order valence-corrected chi connectivity index (χ3v) is 2.31. The Bertz CT molecular complexity index is 440. The summed E-state index contributed by atoms with van der Waals surface area (Å²) in [6, 6.07) is 4.39. The van der Waals surface area contributed by atoms with Crippen molar-refractivity contribution < 1.29 is 37.7 Å². The summed E-state index contributed by atoms with van der Waals surface area (Å²) >= 11 is 0. The average molecular weight is 277 g/mol. The van der Waals surface area contributed by atoms with Crippen LogP contribution in [0.2, 0.25) is 0 Å². The first-order chi connectivity index (χ1) is 7.97. The topological polar surface area (TPSA) is 117 Å². The van der Waals surface area contributed by atoms with Gasteiger partial charge in [0.15, 0.2) is 0 Å². The molecule has 1 aromatic rings. The Kier molecular flexibility index (Phi) is 6.24. The molecule has 18 heavy (non-hydrogen) atoms. The number of carbonyl (C=O) groups is 1. The fourth-order valence-electron chi connectivity index (χ4n) is 1.33. The Morgan fingerprint density at radius 1 is 1.56 bits per heavy atom. The van der Waals surface area contributed by atoms with E-state index in [0.29, 0.717) is 0 Å². The Labute approximate surface area is 109 Å². The van der Waals surface area contributed by atoms with Crippen molar-refractivity contribution in [2.45, 2.75) is 12.1 Å². The van der Waals surface area contributed by atoms with Gasteiger partial charge < -0.3 is 28.0 Å². The second-order valence-corrected chi connectivity index (χ2v) is 3.43. The van der Waals surface area contributed by atoms with Gasteiger partial charge in [-0.3, -0.25) is 10.1 Å². The number of nitro groups is 1. The number of benzene rings is 1. The maximum atomic E-state index is 11.2. The van der Waals surface area contributed by atoms with Crippen LogP contribution >= 0.6 is 0 Å². The SMILES string of the molecule is COC(=O)[C@@H]([NH3+])[C@H](O)c1cccc([N+](=O)[O-])c1.[Cl-]. The van der Waals surface area contributed by atoms with Crippen LogP contribution in [-0.2, 0) is 9.53 Å². The zero-order valence-corrected chi connectivity index (χ0v) is 10.3. The molecule has 7 nitrogen and oxygen atoms in total. The van der Waals surface area contributed by atoms with E-state index in [9.17, 15) is 20.0 Å². The van der Waals surface area contributed by atoms with Crippen LogP contribution in [0.5, 0.6) is 0 Å². The highest BCUT2D eigenvalue weighted by Gasteiger charge is 2.29. The molecule has 0 radical (unpaired) electrons. The summed E-state index contributed by atoms with van der Waals surface area (Å²) < 4.78 is 4.44. The molecule has 0 aliphatic heterocycles. The third kappa shape index (κ3) is 3.66. The minimum Gasteiger partial charge on any atom is -1.00 e. The van der Waals surface area contributed by atoms with Crippen LogP contribution < -0.4 is 18.1 Å². The highest BCUT2D eigenvalue weighted by molar-refractivity contribution is 5.74. The van der Waals surface area contributed by atoms with E-state index in [1.165, 1.54) is 31.4 Å². The predicted molar refractivity (Wildman–Crippen MR) is 56.7 cm³/mol. The van der Waals surface area contributed by atoms with E-state index < -0.39 is 23.0 Å². The number of aliphatic hydroxyl groups is 1. The van der Waals surface area contributed by atoms with Gasteiger partial charge in [-0.2, -0.15) is 0 Å². The summed E-state index contributed by atoms with van der Waals surface area (Å²) in [5.74, 6) is -0.677. The van der Waals surface area contributed by atoms with Crippen molar-refractivity contribution in [3.05, 3.63) is 39.9 Å². The molecule has 4 N–H and O–H groups in total. The number of non-ortho nitro benzene ring substituents is 1. The van der Waals surface area contributed by atoms with Gasteiger partial charge >= 0.3 is 5.97 Å². The Hall–Kier alpha value is -1.70. The molecular weight excluding hydrogens is 264 g/mol. The van der Waals surface area contributed by atoms with E-state index in [4.69, 9.17) is 0 Å². The molecule has 100 valence electrons. The number of aliphatic hydroxyl groups excluding tert-OH is 1. The monoisotopic (exact) mass is 276 g/mol. The molecule has 0 saturated heterocycles. The van der Waals surface area contributed by atoms with E-state index in [1.807, 2.05) is 0 Å². The van der Waals surface area contributed by atoms with Crippen molar-refractivity contribution in [3.8, 4) is 0 Å². The summed E-state index contributed by atoms with van der Waals surface area (Å²) in [5.41, 5.74) is 3.57. The van der Waals surface area contributed by atoms with Gasteiger partial charge in [-0.15, -0.1) is 0 Å². The lowest BCUT2D eigenvalue weighted by Crippen LogP contribution is -3.00. The van der Waals surface area contributed by atoms with Gasteiger partial charge in [0.1, 0.15) is 6.10 Å². The molecule has 1 aromatic carbocycles. The van der Waals surface area contributed by atoms with Gasteiger partial charge in [0.25, 0.3) is 5.69 Å². The molecule has 0 bridgehead atoms. The number of quaternary nitrogens is 1. The fourth-order valence-corrected chi connectivity index (χ4v) is 1.33. The number of nitrogens with zero attached hydrogens (tertiary/aromatic N) is 1. The number of carbonyl (C=O) groups excluding carboxylic acids is 1. The quantitative estimate of drug-likeness (QED) is 0.335. The molecule has 0 amide bonds. The molecule has 0 saturated carbocycles. The Morgan fingerprint density at radius 3 is 2.67 bits per heavy atom. The van der Waals surface area contributed by atoms with Gasteiger partial charge in [0, 0.05) is 12.1 Å². The molecule has 0 aliphatic rings. The van der Waals surface area contributed by atoms with Gasteiger partial charge in [-0.1, -0.05) is 12.1 Å². The molecule has 8 heteroatoms. The van der Waals surface area contributed by atoms with Crippen molar-refractivity contribution in [3.63, 3.8) is 0 Å². The highest BCUT2D eigenvalue weighted by Crippen LogP contribution is 2.20. The van der Waals surface area contributed by atoms with Gasteiger partial charge in [-0.05, 0) is 5.56 Å². The van der Waals surface area contributed by atoms with Gasteiger partial charge in [0.2, 0.25) is 6.04 Å². The predicted octanol–water partition coefficient (Wildman–Crippen LogP) is -3.58. The van der Waals surface area contributed by atoms with Crippen LogP contribution in [0.15, 0.2) is 24.3 Å². The second-order valence-electron chi connectivity index (χ2n) is 3.43. The van der Waals surface area contributed by atoms with Gasteiger partial charge in [-0.25, -0.2) is 4.79 Å². The standard InChI is InChI=1S/C10H12N2O5.ClH/c1-17-10(14)8(11)9(13)6-3-2-4-7(5-6)12(15)16;/h2-5,8-9,13H,11H2,1H3;1H/t8-,9+;/m0./s1. The molecule has 1 rings (SSSR count). The number of esters is 1. The molecule has 0 aromatic heterocycles. The molecule has 2 atom stereocenters. The van der Waals surface area contributed by atoms with Crippen molar-refractivity contribution in [2.75, 3.05) is 7.11 Å². The first-order valence-electron chi connectivity index (χ1n) is 4.80. The third-order valence-electron chi connectivity index (χ3n) is 2.31. The lowest BCUT2D eigenvalue weighted by atomic mass is 10.0. The number of hydrogen-bond acceptors (Lipinski definition) is 5. The largest absolute Gasteiger partial charge is 1.00 e. The zero-order valence-electron chi connectivity index (χ0n) is 9.58. The zero-order chi connectivity index (χ0) is 13.0. The maximum Gasteiger partial charge on any atom is 0.367 e. The number of methoxy groups -OCH3 is 1. The lowest BCUT2D eigenvalue weighted by molar-refractivity contribution is -0.426. The van der Waals surface area contributed by atoms with Crippen LogP contribution in [0.1, 0.15) is 11.7 Å². The van der Waals surface area contributed by atoms with Crippen LogP contribution in [0.4, 0.5) is 5.69 Å². The minimum absolute atomic E-state index is 0. The first kappa shape index (κ1) is 16.3. The molecule has 0 spiro atoms. The normalized spacial score (nSPS) is 13.1. The van der Waals surface area contributed by atoms with E-state index in [-0.39, 0.29) is 23.7 Å². The Morgan fingerprint density at radius 2 is 2.17 bits per heavy atom. The average Bonchev–Trinajstić information content (AvgIpc) is 2.36. The summed E-state index contributed by atoms with van der Waals surface area (Å²) in [6.07, 6.45) is -1.23. The van der Waals surface area contributed by atoms with Crippen molar-refractivity contribution in [1.82, 2.24) is 0 Å².